The van der Waals surface area contributed by atoms with E-state index in [1.54, 1.807) is 25.3 Å². The van der Waals surface area contributed by atoms with Crippen molar-refractivity contribution in [2.75, 3.05) is 26.7 Å². The quantitative estimate of drug-likeness (QED) is 0.924. The number of hydrogen-bond acceptors (Lipinski definition) is 3. The van der Waals surface area contributed by atoms with Gasteiger partial charge in [-0.15, -0.1) is 0 Å². The minimum Gasteiger partial charge on any atom is -0.496 e. The van der Waals surface area contributed by atoms with Gasteiger partial charge in [-0.1, -0.05) is 11.6 Å². The van der Waals surface area contributed by atoms with Gasteiger partial charge >= 0.3 is 0 Å². The van der Waals surface area contributed by atoms with E-state index in [1.807, 2.05) is 4.90 Å². The number of methoxy groups -OCH3 is 1. The van der Waals surface area contributed by atoms with Gasteiger partial charge in [0.2, 0.25) is 0 Å². The second-order valence-corrected chi connectivity index (χ2v) is 5.25. The molecule has 2 N–H and O–H groups in total. The molecular formula is C14H19ClN2O2. The summed E-state index contributed by atoms with van der Waals surface area (Å²) in [5.41, 5.74) is 6.19. The van der Waals surface area contributed by atoms with Crippen molar-refractivity contribution in [3.05, 3.63) is 28.8 Å². The molecule has 0 unspecified atom stereocenters. The van der Waals surface area contributed by atoms with E-state index in [0.29, 0.717) is 28.8 Å². The maximum Gasteiger partial charge on any atom is 0.257 e. The summed E-state index contributed by atoms with van der Waals surface area (Å²) in [4.78, 5) is 14.3. The van der Waals surface area contributed by atoms with Crippen LogP contribution in [0.25, 0.3) is 0 Å². The molecule has 1 heterocycles. The third-order valence-corrected chi connectivity index (χ3v) is 3.86. The van der Waals surface area contributed by atoms with Crippen LogP contribution in [0.1, 0.15) is 23.2 Å². The summed E-state index contributed by atoms with van der Waals surface area (Å²) in [6, 6.07) is 5.11. The molecule has 4 nitrogen and oxygen atoms in total. The molecule has 1 saturated heterocycles. The molecule has 0 aromatic heterocycles. The average Bonchev–Trinajstić information content (AvgIpc) is 2.46. The first kappa shape index (κ1) is 14.2. The largest absolute Gasteiger partial charge is 0.496 e. The Morgan fingerprint density at radius 3 is 2.74 bits per heavy atom. The van der Waals surface area contributed by atoms with E-state index < -0.39 is 0 Å². The Bertz CT molecular complexity index is 457. The molecule has 1 fully saturated rings. The van der Waals surface area contributed by atoms with Crippen LogP contribution in [0.3, 0.4) is 0 Å². The van der Waals surface area contributed by atoms with Gasteiger partial charge in [0, 0.05) is 18.1 Å². The van der Waals surface area contributed by atoms with Gasteiger partial charge in [-0.3, -0.25) is 4.79 Å². The van der Waals surface area contributed by atoms with Crippen LogP contribution in [0.4, 0.5) is 0 Å². The van der Waals surface area contributed by atoms with Gasteiger partial charge in [0.1, 0.15) is 5.75 Å². The van der Waals surface area contributed by atoms with E-state index in [-0.39, 0.29) is 5.91 Å². The van der Waals surface area contributed by atoms with Crippen molar-refractivity contribution < 1.29 is 9.53 Å². The lowest BCUT2D eigenvalue weighted by molar-refractivity contribution is 0.0690. The summed E-state index contributed by atoms with van der Waals surface area (Å²) >= 11 is 5.96. The van der Waals surface area contributed by atoms with Crippen LogP contribution in [0.2, 0.25) is 5.02 Å². The van der Waals surface area contributed by atoms with Gasteiger partial charge in [0.05, 0.1) is 12.7 Å². The molecule has 0 atom stereocenters. The van der Waals surface area contributed by atoms with E-state index in [2.05, 4.69) is 0 Å². The fourth-order valence-electron chi connectivity index (χ4n) is 2.39. The lowest BCUT2D eigenvalue weighted by atomic mass is 9.96. The zero-order valence-corrected chi connectivity index (χ0v) is 11.8. The van der Waals surface area contributed by atoms with Crippen molar-refractivity contribution in [3.8, 4) is 5.75 Å². The van der Waals surface area contributed by atoms with Gasteiger partial charge in [0.15, 0.2) is 0 Å². The molecule has 5 heteroatoms. The van der Waals surface area contributed by atoms with Crippen molar-refractivity contribution >= 4 is 17.5 Å². The summed E-state index contributed by atoms with van der Waals surface area (Å²) in [6.45, 7) is 2.19. The van der Waals surface area contributed by atoms with Crippen LogP contribution in [-0.2, 0) is 0 Å². The number of carbonyl (C=O) groups excluding carboxylic acids is 1. The number of carbonyl (C=O) groups is 1. The second-order valence-electron chi connectivity index (χ2n) is 4.82. The molecule has 0 saturated carbocycles. The van der Waals surface area contributed by atoms with Crippen LogP contribution in [-0.4, -0.2) is 37.6 Å². The number of halogens is 1. The van der Waals surface area contributed by atoms with E-state index >= 15 is 0 Å². The number of nitrogens with zero attached hydrogens (tertiary/aromatic N) is 1. The van der Waals surface area contributed by atoms with Crippen molar-refractivity contribution in [1.82, 2.24) is 4.90 Å². The van der Waals surface area contributed by atoms with Crippen molar-refractivity contribution in [3.63, 3.8) is 0 Å². The molecule has 1 amide bonds. The fourth-order valence-corrected chi connectivity index (χ4v) is 2.56. The Morgan fingerprint density at radius 2 is 2.16 bits per heavy atom. The second kappa shape index (κ2) is 6.26. The summed E-state index contributed by atoms with van der Waals surface area (Å²) in [6.07, 6.45) is 1.93. The highest BCUT2D eigenvalue weighted by molar-refractivity contribution is 6.31. The highest BCUT2D eigenvalue weighted by atomic mass is 35.5. The molecule has 0 aliphatic carbocycles. The smallest absolute Gasteiger partial charge is 0.257 e. The van der Waals surface area contributed by atoms with E-state index in [4.69, 9.17) is 22.1 Å². The van der Waals surface area contributed by atoms with E-state index in [9.17, 15) is 4.79 Å². The van der Waals surface area contributed by atoms with Gasteiger partial charge in [-0.05, 0) is 43.5 Å². The topological polar surface area (TPSA) is 55.6 Å². The van der Waals surface area contributed by atoms with Crippen LogP contribution in [0, 0.1) is 5.92 Å². The number of piperidine rings is 1. The van der Waals surface area contributed by atoms with Gasteiger partial charge in [-0.2, -0.15) is 0 Å². The monoisotopic (exact) mass is 282 g/mol. The van der Waals surface area contributed by atoms with Crippen LogP contribution in [0.5, 0.6) is 5.75 Å². The predicted molar refractivity (Wildman–Crippen MR) is 75.7 cm³/mol. The van der Waals surface area contributed by atoms with E-state index in [1.165, 1.54) is 0 Å². The minimum absolute atomic E-state index is 0.0187. The lowest BCUT2D eigenvalue weighted by Gasteiger charge is -2.31. The van der Waals surface area contributed by atoms with Crippen LogP contribution in [0.15, 0.2) is 18.2 Å². The van der Waals surface area contributed by atoms with Gasteiger partial charge < -0.3 is 15.4 Å². The van der Waals surface area contributed by atoms with Crippen molar-refractivity contribution in [2.45, 2.75) is 12.8 Å². The molecule has 0 radical (unpaired) electrons. The molecular weight excluding hydrogens is 264 g/mol. The van der Waals surface area contributed by atoms with Crippen molar-refractivity contribution in [1.29, 1.82) is 0 Å². The number of nitrogens with two attached hydrogens (primary N) is 1. The molecule has 104 valence electrons. The third kappa shape index (κ3) is 3.19. The summed E-state index contributed by atoms with van der Waals surface area (Å²) in [7, 11) is 1.56. The first-order chi connectivity index (χ1) is 9.15. The van der Waals surface area contributed by atoms with Gasteiger partial charge in [-0.25, -0.2) is 0 Å². The first-order valence-corrected chi connectivity index (χ1v) is 6.86. The Balaban J connectivity index is 2.14. The molecule has 1 aliphatic heterocycles. The average molecular weight is 283 g/mol. The summed E-state index contributed by atoms with van der Waals surface area (Å²) in [5, 5.41) is 0.543. The highest BCUT2D eigenvalue weighted by Gasteiger charge is 2.24. The minimum atomic E-state index is -0.0187. The highest BCUT2D eigenvalue weighted by Crippen LogP contribution is 2.26. The summed E-state index contributed by atoms with van der Waals surface area (Å²) < 4.78 is 5.23. The van der Waals surface area contributed by atoms with Crippen molar-refractivity contribution in [2.24, 2.45) is 11.7 Å². The molecule has 1 aromatic carbocycles. The lowest BCUT2D eigenvalue weighted by Crippen LogP contribution is -2.40. The zero-order chi connectivity index (χ0) is 13.8. The van der Waals surface area contributed by atoms with E-state index in [0.717, 1.165) is 25.9 Å². The molecule has 19 heavy (non-hydrogen) atoms. The zero-order valence-electron chi connectivity index (χ0n) is 11.1. The van der Waals surface area contributed by atoms with Crippen LogP contribution >= 0.6 is 11.6 Å². The fraction of sp³-hybridized carbons (Fsp3) is 0.500. The number of amides is 1. The molecule has 0 bridgehead atoms. The maximum atomic E-state index is 12.5. The van der Waals surface area contributed by atoms with Crippen LogP contribution < -0.4 is 10.5 Å². The number of hydrogen-bond donors (Lipinski definition) is 1. The normalized spacial score (nSPS) is 16.5. The predicted octanol–water partition coefficient (Wildman–Crippen LogP) is 2.16. The third-order valence-electron chi connectivity index (χ3n) is 3.63. The number of rotatable bonds is 3. The molecule has 0 spiro atoms. The summed E-state index contributed by atoms with van der Waals surface area (Å²) in [5.74, 6) is 1.08. The molecule has 1 aliphatic rings. The standard InChI is InChI=1S/C14H19ClN2O2/c1-19-13-3-2-11(15)8-12(13)14(18)17-6-4-10(9-16)5-7-17/h2-3,8,10H,4-7,9,16H2,1H3. The Kier molecular flexibility index (Phi) is 4.66. The Labute approximate surface area is 118 Å². The molecule has 2 rings (SSSR count). The number of ether oxygens (including phenoxy) is 1. The first-order valence-electron chi connectivity index (χ1n) is 6.48. The maximum absolute atomic E-state index is 12.5. The number of likely N-dealkylation sites (tertiary alicyclic amines) is 1. The SMILES string of the molecule is COc1ccc(Cl)cc1C(=O)N1CCC(CN)CC1. The number of benzene rings is 1. The Hall–Kier alpha value is -1.26. The Morgan fingerprint density at radius 1 is 1.47 bits per heavy atom. The van der Waals surface area contributed by atoms with Gasteiger partial charge in [0.25, 0.3) is 5.91 Å². The molecule has 1 aromatic rings.